The van der Waals surface area contributed by atoms with E-state index in [1.807, 2.05) is 25.7 Å². The van der Waals surface area contributed by atoms with E-state index in [4.69, 9.17) is 10.5 Å². The molecule has 1 amide bonds. The molecule has 1 aliphatic heterocycles. The number of amides is 1. The summed E-state index contributed by atoms with van der Waals surface area (Å²) < 4.78 is 5.56. The molecule has 1 saturated carbocycles. The Morgan fingerprint density at radius 2 is 2.05 bits per heavy atom. The number of nitrogen functional groups attached to an aromatic ring is 1. The summed E-state index contributed by atoms with van der Waals surface area (Å²) in [4.78, 5) is 14.4. The van der Waals surface area contributed by atoms with Crippen molar-refractivity contribution in [1.29, 1.82) is 0 Å². The number of nitrogens with two attached hydrogens (primary N) is 1. The average molecular weight is 278 g/mol. The normalized spacial score (nSPS) is 20.4. The molecule has 2 aliphatic rings. The maximum atomic E-state index is 12.5. The number of ether oxygens (including phenoxy) is 1. The second kappa shape index (κ2) is 4.14. The zero-order valence-corrected chi connectivity index (χ0v) is 12.3. The van der Waals surface area contributed by atoms with E-state index in [9.17, 15) is 4.79 Å². The largest absolute Gasteiger partial charge is 0.444 e. The summed E-state index contributed by atoms with van der Waals surface area (Å²) in [6.45, 7) is 6.15. The molecule has 6 nitrogen and oxygen atoms in total. The number of aromatic amines is 1. The number of rotatable bonds is 0. The summed E-state index contributed by atoms with van der Waals surface area (Å²) in [5, 5.41) is 7.14. The molecule has 110 valence electrons. The van der Waals surface area contributed by atoms with Gasteiger partial charge in [-0.05, 0) is 33.6 Å². The van der Waals surface area contributed by atoms with Crippen LogP contribution in [0.2, 0.25) is 0 Å². The Morgan fingerprint density at radius 3 is 2.65 bits per heavy atom. The fraction of sp³-hybridized carbons (Fsp3) is 0.714. The molecule has 6 heteroatoms. The van der Waals surface area contributed by atoms with Crippen molar-refractivity contribution >= 4 is 11.9 Å². The molecule has 1 spiro atoms. The number of hydrogen-bond acceptors (Lipinski definition) is 4. The van der Waals surface area contributed by atoms with Crippen LogP contribution < -0.4 is 5.73 Å². The number of nitrogens with zero attached hydrogens (tertiary/aromatic N) is 2. The number of carbonyl (C=O) groups is 1. The molecule has 0 aromatic carbocycles. The van der Waals surface area contributed by atoms with Crippen LogP contribution in [0.15, 0.2) is 0 Å². The molecule has 0 radical (unpaired) electrons. The lowest BCUT2D eigenvalue weighted by Gasteiger charge is -2.36. The highest BCUT2D eigenvalue weighted by molar-refractivity contribution is 5.72. The zero-order chi connectivity index (χ0) is 14.5. The topological polar surface area (TPSA) is 84.2 Å². The van der Waals surface area contributed by atoms with Crippen LogP contribution in [0, 0.1) is 0 Å². The lowest BCUT2D eigenvalue weighted by atomic mass is 9.93. The number of hydrogen-bond donors (Lipinski definition) is 2. The van der Waals surface area contributed by atoms with Crippen LogP contribution >= 0.6 is 0 Å². The summed E-state index contributed by atoms with van der Waals surface area (Å²) in [5.41, 5.74) is 7.10. The molecule has 1 aromatic rings. The monoisotopic (exact) mass is 278 g/mol. The van der Waals surface area contributed by atoms with E-state index in [1.165, 1.54) is 0 Å². The van der Waals surface area contributed by atoms with Crippen LogP contribution in [0.1, 0.15) is 57.7 Å². The minimum absolute atomic E-state index is 0.261. The molecular formula is C14H22N4O2. The van der Waals surface area contributed by atoms with Crippen molar-refractivity contribution in [3.8, 4) is 0 Å². The first-order chi connectivity index (χ1) is 9.33. The number of H-pyrrole nitrogens is 1. The fourth-order valence-electron chi connectivity index (χ4n) is 3.40. The van der Waals surface area contributed by atoms with Crippen molar-refractivity contribution in [2.45, 2.75) is 64.1 Å². The Kier molecular flexibility index (Phi) is 2.74. The van der Waals surface area contributed by atoms with Gasteiger partial charge >= 0.3 is 6.09 Å². The standard InChI is InChI=1S/C14H22N4O2/c1-13(2,3)20-12(19)18-8-9-10(16-17-11(9)15)14(18)6-4-5-7-14/h4-8H2,1-3H3,(H3,15,16,17). The van der Waals surface area contributed by atoms with Gasteiger partial charge in [-0.25, -0.2) is 4.79 Å². The van der Waals surface area contributed by atoms with Crippen LogP contribution in [0.4, 0.5) is 10.6 Å². The number of anilines is 1. The third-order valence-corrected chi connectivity index (χ3v) is 4.24. The first-order valence-corrected chi connectivity index (χ1v) is 7.17. The van der Waals surface area contributed by atoms with E-state index >= 15 is 0 Å². The van der Waals surface area contributed by atoms with Crippen molar-refractivity contribution in [3.63, 3.8) is 0 Å². The Labute approximate surface area is 118 Å². The van der Waals surface area contributed by atoms with Crippen LogP contribution in [-0.4, -0.2) is 26.8 Å². The van der Waals surface area contributed by atoms with Gasteiger partial charge in [0.2, 0.25) is 0 Å². The van der Waals surface area contributed by atoms with Crippen LogP contribution in [0.3, 0.4) is 0 Å². The number of fused-ring (bicyclic) bond motifs is 2. The Bertz CT molecular complexity index is 538. The van der Waals surface area contributed by atoms with E-state index in [0.717, 1.165) is 36.9 Å². The molecule has 2 heterocycles. The molecule has 3 rings (SSSR count). The first kappa shape index (κ1) is 13.3. The highest BCUT2D eigenvalue weighted by Gasteiger charge is 2.52. The number of carbonyl (C=O) groups excluding carboxylic acids is 1. The molecule has 1 aliphatic carbocycles. The fourth-order valence-corrected chi connectivity index (χ4v) is 3.40. The predicted molar refractivity (Wildman–Crippen MR) is 74.9 cm³/mol. The van der Waals surface area contributed by atoms with E-state index < -0.39 is 5.60 Å². The molecule has 20 heavy (non-hydrogen) atoms. The second-order valence-corrected chi connectivity index (χ2v) is 6.77. The third kappa shape index (κ3) is 1.85. The summed E-state index contributed by atoms with van der Waals surface area (Å²) >= 11 is 0. The maximum Gasteiger partial charge on any atom is 0.411 e. The highest BCUT2D eigenvalue weighted by Crippen LogP contribution is 2.50. The van der Waals surface area contributed by atoms with Gasteiger partial charge in [-0.3, -0.25) is 10.00 Å². The van der Waals surface area contributed by atoms with E-state index in [1.54, 1.807) is 0 Å². The van der Waals surface area contributed by atoms with Gasteiger partial charge in [-0.1, -0.05) is 12.8 Å². The first-order valence-electron chi connectivity index (χ1n) is 7.17. The Hall–Kier alpha value is -1.72. The summed E-state index contributed by atoms with van der Waals surface area (Å²) in [5.74, 6) is 0.498. The van der Waals surface area contributed by atoms with Crippen molar-refractivity contribution in [1.82, 2.24) is 15.1 Å². The summed E-state index contributed by atoms with van der Waals surface area (Å²) in [6, 6.07) is 0. The van der Waals surface area contributed by atoms with Gasteiger partial charge in [0.1, 0.15) is 5.60 Å². The van der Waals surface area contributed by atoms with Gasteiger partial charge in [-0.2, -0.15) is 5.10 Å². The number of nitrogens with one attached hydrogen (secondary N) is 1. The Balaban J connectivity index is 1.95. The van der Waals surface area contributed by atoms with E-state index in [-0.39, 0.29) is 11.6 Å². The van der Waals surface area contributed by atoms with Gasteiger partial charge in [0.25, 0.3) is 0 Å². The highest BCUT2D eigenvalue weighted by atomic mass is 16.6. The number of aromatic nitrogens is 2. The van der Waals surface area contributed by atoms with Crippen molar-refractivity contribution in [2.75, 3.05) is 5.73 Å². The zero-order valence-electron chi connectivity index (χ0n) is 12.3. The molecular weight excluding hydrogens is 256 g/mol. The average Bonchev–Trinajstić information content (AvgIpc) is 2.98. The van der Waals surface area contributed by atoms with Gasteiger partial charge in [0.15, 0.2) is 5.82 Å². The quantitative estimate of drug-likeness (QED) is 0.763. The molecule has 0 unspecified atom stereocenters. The maximum absolute atomic E-state index is 12.5. The van der Waals surface area contributed by atoms with Gasteiger partial charge in [-0.15, -0.1) is 0 Å². The second-order valence-electron chi connectivity index (χ2n) is 6.77. The van der Waals surface area contributed by atoms with Crippen molar-refractivity contribution < 1.29 is 9.53 Å². The van der Waals surface area contributed by atoms with Crippen LogP contribution in [-0.2, 0) is 16.8 Å². The van der Waals surface area contributed by atoms with Gasteiger partial charge < -0.3 is 10.5 Å². The van der Waals surface area contributed by atoms with Gasteiger partial charge in [0.05, 0.1) is 17.8 Å². The molecule has 0 atom stereocenters. The smallest absolute Gasteiger partial charge is 0.411 e. The molecule has 1 fully saturated rings. The van der Waals surface area contributed by atoms with E-state index in [0.29, 0.717) is 12.4 Å². The predicted octanol–water partition coefficient (Wildman–Crippen LogP) is 2.51. The minimum Gasteiger partial charge on any atom is -0.444 e. The molecule has 1 aromatic heterocycles. The lowest BCUT2D eigenvalue weighted by Crippen LogP contribution is -2.45. The summed E-state index contributed by atoms with van der Waals surface area (Å²) in [6.07, 6.45) is 3.85. The molecule has 0 saturated heterocycles. The third-order valence-electron chi connectivity index (χ3n) is 4.24. The molecule has 3 N–H and O–H groups in total. The van der Waals surface area contributed by atoms with Crippen molar-refractivity contribution in [2.24, 2.45) is 0 Å². The minimum atomic E-state index is -0.489. The van der Waals surface area contributed by atoms with Gasteiger partial charge in [0, 0.05) is 5.56 Å². The van der Waals surface area contributed by atoms with Crippen LogP contribution in [0.5, 0.6) is 0 Å². The lowest BCUT2D eigenvalue weighted by molar-refractivity contribution is -0.00146. The van der Waals surface area contributed by atoms with Crippen LogP contribution in [0.25, 0.3) is 0 Å². The molecule has 0 bridgehead atoms. The van der Waals surface area contributed by atoms with Crippen molar-refractivity contribution in [3.05, 3.63) is 11.3 Å². The Morgan fingerprint density at radius 1 is 1.40 bits per heavy atom. The summed E-state index contributed by atoms with van der Waals surface area (Å²) in [7, 11) is 0. The van der Waals surface area contributed by atoms with E-state index in [2.05, 4.69) is 10.2 Å². The SMILES string of the molecule is CC(C)(C)OC(=O)N1Cc2c(N)n[nH]c2C12CCCC2.